The molecule has 0 radical (unpaired) electrons. The highest BCUT2D eigenvalue weighted by Crippen LogP contribution is 2.17. The second kappa shape index (κ2) is 11.9. The zero-order valence-corrected chi connectivity index (χ0v) is 17.8. The first-order valence-corrected chi connectivity index (χ1v) is 10.8. The van der Waals surface area contributed by atoms with Gasteiger partial charge in [-0.1, -0.05) is 42.5 Å². The topological polar surface area (TPSA) is 84.7 Å². The minimum Gasteiger partial charge on any atom is -0.489 e. The molecule has 1 aliphatic rings. The number of nitrogens with zero attached hydrogens (tertiary/aromatic N) is 1. The molecule has 164 valence electrons. The number of nitrogens with two attached hydrogens (primary N) is 1. The Bertz CT molecular complexity index is 883. The van der Waals surface area contributed by atoms with Gasteiger partial charge >= 0.3 is 0 Å². The molecule has 1 atom stereocenters. The summed E-state index contributed by atoms with van der Waals surface area (Å²) in [6, 6.07) is 17.7. The lowest BCUT2D eigenvalue weighted by Crippen LogP contribution is -2.42. The highest BCUT2D eigenvalue weighted by molar-refractivity contribution is 5.91. The Hall–Kier alpha value is -3.12. The molecule has 0 spiro atoms. The number of piperidine rings is 1. The third-order valence-electron chi connectivity index (χ3n) is 5.39. The number of rotatable bonds is 10. The van der Waals surface area contributed by atoms with Crippen molar-refractivity contribution in [3.63, 3.8) is 0 Å². The molecule has 1 unspecified atom stereocenters. The highest BCUT2D eigenvalue weighted by Gasteiger charge is 2.23. The molecule has 6 heteroatoms. The number of ether oxygens (including phenoxy) is 1. The first kappa shape index (κ1) is 22.6. The van der Waals surface area contributed by atoms with Crippen molar-refractivity contribution < 1.29 is 14.3 Å². The molecule has 1 aliphatic heterocycles. The molecule has 2 amide bonds. The third-order valence-corrected chi connectivity index (χ3v) is 5.39. The van der Waals surface area contributed by atoms with Gasteiger partial charge in [0.05, 0.1) is 5.92 Å². The third kappa shape index (κ3) is 7.90. The van der Waals surface area contributed by atoms with Crippen molar-refractivity contribution in [1.82, 2.24) is 10.2 Å². The number of benzene rings is 2. The molecule has 31 heavy (non-hydrogen) atoms. The number of hydrogen-bond donors (Lipinski definition) is 2. The second-order valence-electron chi connectivity index (χ2n) is 7.87. The summed E-state index contributed by atoms with van der Waals surface area (Å²) in [6.07, 6.45) is 6.05. The summed E-state index contributed by atoms with van der Waals surface area (Å²) in [5.74, 6) is 0.392. The van der Waals surface area contributed by atoms with E-state index in [2.05, 4.69) is 10.2 Å². The van der Waals surface area contributed by atoms with E-state index < -0.39 is 0 Å². The van der Waals surface area contributed by atoms with E-state index in [0.29, 0.717) is 13.2 Å². The van der Waals surface area contributed by atoms with Gasteiger partial charge in [0, 0.05) is 19.2 Å². The Morgan fingerprint density at radius 2 is 2.00 bits per heavy atom. The van der Waals surface area contributed by atoms with E-state index in [1.54, 1.807) is 12.2 Å². The van der Waals surface area contributed by atoms with Crippen LogP contribution in [0, 0.1) is 5.92 Å². The first-order valence-electron chi connectivity index (χ1n) is 10.8. The van der Waals surface area contributed by atoms with Crippen LogP contribution in [-0.4, -0.2) is 42.9 Å². The van der Waals surface area contributed by atoms with Crippen LogP contribution < -0.4 is 15.8 Å². The van der Waals surface area contributed by atoms with Crippen LogP contribution in [0.25, 0.3) is 6.08 Å². The minimum atomic E-state index is -0.210. The fourth-order valence-electron chi connectivity index (χ4n) is 3.68. The van der Waals surface area contributed by atoms with Crippen LogP contribution in [-0.2, 0) is 16.2 Å². The van der Waals surface area contributed by atoms with Crippen molar-refractivity contribution in [2.75, 3.05) is 26.2 Å². The fourth-order valence-corrected chi connectivity index (χ4v) is 3.68. The molecule has 1 heterocycles. The van der Waals surface area contributed by atoms with Crippen molar-refractivity contribution >= 4 is 17.9 Å². The summed E-state index contributed by atoms with van der Waals surface area (Å²) >= 11 is 0. The maximum Gasteiger partial charge on any atom is 0.243 e. The zero-order chi connectivity index (χ0) is 21.9. The smallest absolute Gasteiger partial charge is 0.243 e. The number of amides is 2. The summed E-state index contributed by atoms with van der Waals surface area (Å²) in [5, 5.41) is 2.91. The Labute approximate surface area is 184 Å². The van der Waals surface area contributed by atoms with Crippen LogP contribution in [0.1, 0.15) is 30.4 Å². The lowest BCUT2D eigenvalue weighted by atomic mass is 9.97. The Balaban J connectivity index is 1.37. The molecule has 1 fully saturated rings. The van der Waals surface area contributed by atoms with Crippen molar-refractivity contribution in [2.45, 2.75) is 25.9 Å². The first-order chi connectivity index (χ1) is 15.1. The van der Waals surface area contributed by atoms with Crippen molar-refractivity contribution in [1.29, 1.82) is 0 Å². The average Bonchev–Trinajstić information content (AvgIpc) is 2.80. The van der Waals surface area contributed by atoms with Gasteiger partial charge < -0.3 is 20.7 Å². The molecule has 2 aromatic rings. The average molecular weight is 422 g/mol. The van der Waals surface area contributed by atoms with E-state index in [9.17, 15) is 9.59 Å². The molecule has 3 N–H and O–H groups in total. The van der Waals surface area contributed by atoms with Crippen LogP contribution in [0.15, 0.2) is 60.7 Å². The van der Waals surface area contributed by atoms with Crippen LogP contribution in [0.5, 0.6) is 5.75 Å². The minimum absolute atomic E-state index is 0.0429. The quantitative estimate of drug-likeness (QED) is 0.456. The van der Waals surface area contributed by atoms with Crippen LogP contribution in [0.4, 0.5) is 0 Å². The Kier molecular flexibility index (Phi) is 8.67. The summed E-state index contributed by atoms with van der Waals surface area (Å²) in [6.45, 7) is 3.67. The number of primary amides is 1. The van der Waals surface area contributed by atoms with Crippen LogP contribution in [0.2, 0.25) is 0 Å². The lowest BCUT2D eigenvalue weighted by molar-refractivity contribution is -0.123. The van der Waals surface area contributed by atoms with Gasteiger partial charge in [0.2, 0.25) is 11.8 Å². The van der Waals surface area contributed by atoms with Gasteiger partial charge in [-0.2, -0.15) is 0 Å². The van der Waals surface area contributed by atoms with E-state index in [-0.39, 0.29) is 17.7 Å². The van der Waals surface area contributed by atoms with Crippen LogP contribution >= 0.6 is 0 Å². The standard InChI is InChI=1S/C25H31N3O3/c26-25(30)22-10-5-15-28(18-22)16-6-14-27-24(29)13-12-20-9-4-11-23(17-20)31-19-21-7-2-1-3-8-21/h1-4,7-9,11-13,17,22H,5-6,10,14-16,18-19H2,(H2,26,30)(H,27,29)/b13-12+. The zero-order valence-electron chi connectivity index (χ0n) is 17.8. The molecule has 0 aromatic heterocycles. The summed E-state index contributed by atoms with van der Waals surface area (Å²) in [7, 11) is 0. The predicted molar refractivity (Wildman–Crippen MR) is 122 cm³/mol. The van der Waals surface area contributed by atoms with E-state index in [1.165, 1.54) is 0 Å². The van der Waals surface area contributed by atoms with E-state index in [4.69, 9.17) is 10.5 Å². The molecule has 0 bridgehead atoms. The second-order valence-corrected chi connectivity index (χ2v) is 7.87. The van der Waals surface area contributed by atoms with Gasteiger partial charge in [-0.05, 0) is 61.7 Å². The maximum atomic E-state index is 12.1. The fraction of sp³-hybridized carbons (Fsp3) is 0.360. The summed E-state index contributed by atoms with van der Waals surface area (Å²) < 4.78 is 5.83. The monoisotopic (exact) mass is 421 g/mol. The number of hydrogen-bond acceptors (Lipinski definition) is 4. The molecule has 0 aliphatic carbocycles. The van der Waals surface area contributed by atoms with E-state index in [0.717, 1.165) is 55.8 Å². The number of carbonyl (C=O) groups excluding carboxylic acids is 2. The Morgan fingerprint density at radius 3 is 2.81 bits per heavy atom. The summed E-state index contributed by atoms with van der Waals surface area (Å²) in [5.41, 5.74) is 7.44. The molecule has 1 saturated heterocycles. The number of likely N-dealkylation sites (tertiary alicyclic amines) is 1. The van der Waals surface area contributed by atoms with Crippen molar-refractivity contribution in [3.05, 3.63) is 71.8 Å². The lowest BCUT2D eigenvalue weighted by Gasteiger charge is -2.31. The van der Waals surface area contributed by atoms with Crippen molar-refractivity contribution in [2.24, 2.45) is 11.7 Å². The van der Waals surface area contributed by atoms with Gasteiger partial charge in [-0.25, -0.2) is 0 Å². The van der Waals surface area contributed by atoms with Gasteiger partial charge in [0.1, 0.15) is 12.4 Å². The van der Waals surface area contributed by atoms with Gasteiger partial charge in [0.15, 0.2) is 0 Å². The van der Waals surface area contributed by atoms with E-state index >= 15 is 0 Å². The number of carbonyl (C=O) groups is 2. The molecular weight excluding hydrogens is 390 g/mol. The van der Waals surface area contributed by atoms with Gasteiger partial charge in [0.25, 0.3) is 0 Å². The van der Waals surface area contributed by atoms with Crippen molar-refractivity contribution in [3.8, 4) is 5.75 Å². The summed E-state index contributed by atoms with van der Waals surface area (Å²) in [4.78, 5) is 25.7. The maximum absolute atomic E-state index is 12.1. The SMILES string of the molecule is NC(=O)C1CCCN(CCCNC(=O)/C=C/c2cccc(OCc3ccccc3)c2)C1. The van der Waals surface area contributed by atoms with Gasteiger partial charge in [-0.3, -0.25) is 9.59 Å². The highest BCUT2D eigenvalue weighted by atomic mass is 16.5. The molecule has 0 saturated carbocycles. The number of nitrogens with one attached hydrogen (secondary N) is 1. The predicted octanol–water partition coefficient (Wildman–Crippen LogP) is 2.98. The molecular formula is C25H31N3O3. The van der Waals surface area contributed by atoms with Gasteiger partial charge in [-0.15, -0.1) is 0 Å². The largest absolute Gasteiger partial charge is 0.489 e. The normalized spacial score (nSPS) is 16.8. The van der Waals surface area contributed by atoms with E-state index in [1.807, 2.05) is 54.6 Å². The van der Waals surface area contributed by atoms with Crippen LogP contribution in [0.3, 0.4) is 0 Å². The Morgan fingerprint density at radius 1 is 1.16 bits per heavy atom. The molecule has 3 rings (SSSR count). The molecule has 6 nitrogen and oxygen atoms in total. The molecule has 2 aromatic carbocycles.